The van der Waals surface area contributed by atoms with E-state index in [0.717, 1.165) is 6.42 Å². The van der Waals surface area contributed by atoms with Crippen LogP contribution in [0.3, 0.4) is 0 Å². The predicted molar refractivity (Wildman–Crippen MR) is 94.8 cm³/mol. The molecule has 130 valence electrons. The first-order chi connectivity index (χ1) is 12.1. The van der Waals surface area contributed by atoms with E-state index in [1.54, 1.807) is 35.2 Å². The van der Waals surface area contributed by atoms with E-state index in [0.29, 0.717) is 29.1 Å². The summed E-state index contributed by atoms with van der Waals surface area (Å²) in [5.74, 6) is -0.747. The van der Waals surface area contributed by atoms with Crippen molar-refractivity contribution >= 4 is 34.8 Å². The summed E-state index contributed by atoms with van der Waals surface area (Å²) in [6.45, 7) is 0.579. The Morgan fingerprint density at radius 3 is 2.60 bits per heavy atom. The van der Waals surface area contributed by atoms with Gasteiger partial charge in [0.25, 0.3) is 5.91 Å². The quantitative estimate of drug-likeness (QED) is 0.853. The molecule has 0 aliphatic carbocycles. The van der Waals surface area contributed by atoms with E-state index < -0.39 is 12.0 Å². The number of rotatable bonds is 4. The summed E-state index contributed by atoms with van der Waals surface area (Å²) in [5.41, 5.74) is 0.990. The number of thiophene rings is 1. The van der Waals surface area contributed by atoms with Gasteiger partial charge in [0, 0.05) is 12.2 Å². The number of anilines is 1. The Kier molecular flexibility index (Phi) is 5.14. The molecule has 0 saturated carbocycles. The molecular weight excluding hydrogens is 340 g/mol. The number of benzene rings is 1. The summed E-state index contributed by atoms with van der Waals surface area (Å²) in [6.07, 6.45) is 1.44. The molecule has 0 bridgehead atoms. The summed E-state index contributed by atoms with van der Waals surface area (Å²) in [6, 6.07) is 9.58. The minimum atomic E-state index is -0.477. The Labute approximate surface area is 149 Å². The fourth-order valence-corrected chi connectivity index (χ4v) is 3.54. The van der Waals surface area contributed by atoms with E-state index in [-0.39, 0.29) is 11.8 Å². The molecule has 1 aliphatic heterocycles. The van der Waals surface area contributed by atoms with E-state index in [4.69, 9.17) is 0 Å². The number of carbonyl (C=O) groups is 3. The average molecular weight is 358 g/mol. The van der Waals surface area contributed by atoms with Crippen molar-refractivity contribution in [1.29, 1.82) is 0 Å². The lowest BCUT2D eigenvalue weighted by atomic mass is 10.1. The van der Waals surface area contributed by atoms with Crippen LogP contribution < -0.4 is 5.32 Å². The summed E-state index contributed by atoms with van der Waals surface area (Å²) in [7, 11) is 1.32. The van der Waals surface area contributed by atoms with E-state index in [1.165, 1.54) is 18.4 Å². The highest BCUT2D eigenvalue weighted by Gasteiger charge is 2.34. The van der Waals surface area contributed by atoms with Gasteiger partial charge in [-0.3, -0.25) is 9.59 Å². The number of methoxy groups -OCH3 is 1. The van der Waals surface area contributed by atoms with Crippen molar-refractivity contribution in [2.24, 2.45) is 0 Å². The van der Waals surface area contributed by atoms with Gasteiger partial charge in [0.05, 0.1) is 17.6 Å². The zero-order valence-corrected chi connectivity index (χ0v) is 14.5. The third kappa shape index (κ3) is 3.71. The van der Waals surface area contributed by atoms with Crippen LogP contribution in [0.4, 0.5) is 5.69 Å². The molecule has 1 aliphatic rings. The number of amides is 2. The van der Waals surface area contributed by atoms with E-state index in [1.807, 2.05) is 11.4 Å². The molecule has 1 fully saturated rings. The highest BCUT2D eigenvalue weighted by molar-refractivity contribution is 7.12. The number of esters is 1. The minimum Gasteiger partial charge on any atom is -0.465 e. The third-order valence-corrected chi connectivity index (χ3v) is 4.98. The number of nitrogens with zero attached hydrogens (tertiary/aromatic N) is 1. The molecular formula is C18H18N2O4S. The first-order valence-electron chi connectivity index (χ1n) is 7.94. The summed E-state index contributed by atoms with van der Waals surface area (Å²) in [4.78, 5) is 38.8. The average Bonchev–Trinajstić information content (AvgIpc) is 3.32. The summed E-state index contributed by atoms with van der Waals surface area (Å²) >= 11 is 1.38. The van der Waals surface area contributed by atoms with Crippen molar-refractivity contribution in [1.82, 2.24) is 4.90 Å². The molecule has 7 heteroatoms. The first-order valence-corrected chi connectivity index (χ1v) is 8.82. The molecule has 0 radical (unpaired) electrons. The molecule has 3 rings (SSSR count). The smallest absolute Gasteiger partial charge is 0.337 e. The van der Waals surface area contributed by atoms with Crippen molar-refractivity contribution in [2.75, 3.05) is 19.0 Å². The van der Waals surface area contributed by atoms with Gasteiger partial charge in [-0.25, -0.2) is 4.79 Å². The number of ether oxygens (including phenoxy) is 1. The van der Waals surface area contributed by atoms with Crippen LogP contribution in [0.5, 0.6) is 0 Å². The molecule has 2 aromatic rings. The molecule has 1 saturated heterocycles. The van der Waals surface area contributed by atoms with Gasteiger partial charge in [0.2, 0.25) is 5.91 Å². The SMILES string of the molecule is COC(=O)c1ccc(NC(=O)[C@@H]2CCCN2C(=O)c2cccs2)cc1. The molecule has 6 nitrogen and oxygen atoms in total. The van der Waals surface area contributed by atoms with Crippen molar-refractivity contribution in [3.8, 4) is 0 Å². The number of nitrogens with one attached hydrogen (secondary N) is 1. The molecule has 0 unspecified atom stereocenters. The van der Waals surface area contributed by atoms with Crippen LogP contribution in [0, 0.1) is 0 Å². The second-order valence-corrected chi connectivity index (χ2v) is 6.64. The Morgan fingerprint density at radius 2 is 1.96 bits per heavy atom. The molecule has 2 amide bonds. The normalized spacial score (nSPS) is 16.5. The highest BCUT2D eigenvalue weighted by atomic mass is 32.1. The van der Waals surface area contributed by atoms with Crippen LogP contribution in [0.15, 0.2) is 41.8 Å². The molecule has 1 N–H and O–H groups in total. The molecule has 25 heavy (non-hydrogen) atoms. The van der Waals surface area contributed by atoms with Gasteiger partial charge < -0.3 is 15.0 Å². The van der Waals surface area contributed by atoms with Crippen LogP contribution in [0.25, 0.3) is 0 Å². The Hall–Kier alpha value is -2.67. The summed E-state index contributed by atoms with van der Waals surface area (Å²) in [5, 5.41) is 4.67. The largest absolute Gasteiger partial charge is 0.465 e. The number of hydrogen-bond acceptors (Lipinski definition) is 5. The van der Waals surface area contributed by atoms with Crippen molar-refractivity contribution < 1.29 is 19.1 Å². The maximum absolute atomic E-state index is 12.6. The zero-order chi connectivity index (χ0) is 17.8. The van der Waals surface area contributed by atoms with Crippen LogP contribution in [-0.2, 0) is 9.53 Å². The van der Waals surface area contributed by atoms with Crippen LogP contribution in [0.2, 0.25) is 0 Å². The molecule has 2 heterocycles. The molecule has 1 atom stereocenters. The second kappa shape index (κ2) is 7.48. The molecule has 1 aromatic carbocycles. The van der Waals surface area contributed by atoms with Gasteiger partial charge in [-0.2, -0.15) is 0 Å². The van der Waals surface area contributed by atoms with Crippen molar-refractivity contribution in [3.05, 3.63) is 52.2 Å². The van der Waals surface area contributed by atoms with E-state index in [2.05, 4.69) is 10.1 Å². The maximum Gasteiger partial charge on any atom is 0.337 e. The van der Waals surface area contributed by atoms with Gasteiger partial charge in [-0.15, -0.1) is 11.3 Å². The standard InChI is InChI=1S/C18H18N2O4S/c1-24-18(23)12-6-8-13(9-7-12)19-16(21)14-4-2-10-20(14)17(22)15-5-3-11-25-15/h3,5-9,11,14H,2,4,10H2,1H3,(H,19,21)/t14-/m0/s1. The fourth-order valence-electron chi connectivity index (χ4n) is 2.86. The van der Waals surface area contributed by atoms with Gasteiger partial charge >= 0.3 is 5.97 Å². The van der Waals surface area contributed by atoms with Gasteiger partial charge in [-0.05, 0) is 48.6 Å². The predicted octanol–water partition coefficient (Wildman–Crippen LogP) is 2.78. The fraction of sp³-hybridized carbons (Fsp3) is 0.278. The highest BCUT2D eigenvalue weighted by Crippen LogP contribution is 2.23. The van der Waals surface area contributed by atoms with E-state index in [9.17, 15) is 14.4 Å². The van der Waals surface area contributed by atoms with Crippen LogP contribution >= 0.6 is 11.3 Å². The van der Waals surface area contributed by atoms with Gasteiger partial charge in [0.1, 0.15) is 6.04 Å². The minimum absolute atomic E-state index is 0.103. The van der Waals surface area contributed by atoms with Crippen LogP contribution in [-0.4, -0.2) is 42.4 Å². The van der Waals surface area contributed by atoms with Crippen molar-refractivity contribution in [2.45, 2.75) is 18.9 Å². The topological polar surface area (TPSA) is 75.7 Å². The van der Waals surface area contributed by atoms with Gasteiger partial charge in [-0.1, -0.05) is 6.07 Å². The third-order valence-electron chi connectivity index (χ3n) is 4.12. The Bertz CT molecular complexity index is 771. The van der Waals surface area contributed by atoms with Crippen LogP contribution in [0.1, 0.15) is 32.9 Å². The van der Waals surface area contributed by atoms with Gasteiger partial charge in [0.15, 0.2) is 0 Å². The first kappa shape index (κ1) is 17.2. The van der Waals surface area contributed by atoms with E-state index >= 15 is 0 Å². The lowest BCUT2D eigenvalue weighted by Gasteiger charge is -2.23. The monoisotopic (exact) mass is 358 g/mol. The maximum atomic E-state index is 12.6. The zero-order valence-electron chi connectivity index (χ0n) is 13.7. The second-order valence-electron chi connectivity index (χ2n) is 5.69. The lowest BCUT2D eigenvalue weighted by Crippen LogP contribution is -2.42. The Balaban J connectivity index is 1.67. The Morgan fingerprint density at radius 1 is 1.20 bits per heavy atom. The number of likely N-dealkylation sites (tertiary alicyclic amines) is 1. The number of carbonyl (C=O) groups excluding carboxylic acids is 3. The summed E-state index contributed by atoms with van der Waals surface area (Å²) < 4.78 is 4.64. The molecule has 0 spiro atoms. The number of hydrogen-bond donors (Lipinski definition) is 1. The molecule has 1 aromatic heterocycles. The van der Waals surface area contributed by atoms with Crippen molar-refractivity contribution in [3.63, 3.8) is 0 Å². The lowest BCUT2D eigenvalue weighted by molar-refractivity contribution is -0.119.